The summed E-state index contributed by atoms with van der Waals surface area (Å²) in [4.78, 5) is 0. The average molecular weight is 253 g/mol. The second-order valence-corrected chi connectivity index (χ2v) is 6.94. The fraction of sp³-hybridized carbons (Fsp3) is 1.00. The maximum absolute atomic E-state index is 4.56. The quantitative estimate of drug-likeness (QED) is 0.340. The second-order valence-electron chi connectivity index (χ2n) is 3.43. The number of thiol groups is 1. The van der Waals surface area contributed by atoms with Gasteiger partial charge in [0, 0.05) is 4.58 Å². The molecule has 0 heterocycles. The molecule has 0 N–H and O–H groups in total. The Balaban J connectivity index is 3.02. The molecule has 0 aliphatic heterocycles. The van der Waals surface area contributed by atoms with Crippen molar-refractivity contribution in [3.05, 3.63) is 0 Å². The maximum atomic E-state index is 4.56. The third-order valence-electron chi connectivity index (χ3n) is 1.90. The molecular weight excluding hydrogens is 228 g/mol. The van der Waals surface area contributed by atoms with Crippen molar-refractivity contribution in [3.63, 3.8) is 0 Å². The zero-order valence-electron chi connectivity index (χ0n) is 9.50. The van der Waals surface area contributed by atoms with Crippen LogP contribution in [0.5, 0.6) is 0 Å². The fourth-order valence-corrected chi connectivity index (χ4v) is 3.45. The molecule has 3 heteroatoms. The summed E-state index contributed by atoms with van der Waals surface area (Å²) in [6.07, 6.45) is 6.58. The Kier molecular flexibility index (Phi) is 13.0. The molecule has 0 saturated carbocycles. The van der Waals surface area contributed by atoms with Gasteiger partial charge in [-0.05, 0) is 42.9 Å². The normalized spacial score (nSPS) is 13.1. The van der Waals surface area contributed by atoms with E-state index < -0.39 is 0 Å². The van der Waals surface area contributed by atoms with Gasteiger partial charge in [-0.25, -0.2) is 0 Å². The lowest BCUT2D eigenvalue weighted by Gasteiger charge is -2.08. The van der Waals surface area contributed by atoms with E-state index in [1.807, 2.05) is 11.8 Å². The van der Waals surface area contributed by atoms with Gasteiger partial charge in [-0.2, -0.15) is 24.4 Å². The molecule has 0 aromatic carbocycles. The maximum Gasteiger partial charge on any atom is 0.0472 e. The van der Waals surface area contributed by atoms with Gasteiger partial charge in [0.15, 0.2) is 0 Å². The minimum absolute atomic E-state index is 0.571. The van der Waals surface area contributed by atoms with Gasteiger partial charge in [-0.15, -0.1) is 11.8 Å². The van der Waals surface area contributed by atoms with E-state index in [0.29, 0.717) is 4.58 Å². The van der Waals surface area contributed by atoms with Crippen LogP contribution in [0.25, 0.3) is 0 Å². The highest BCUT2D eigenvalue weighted by Crippen LogP contribution is 2.21. The molecular formula is C11H24S3. The first-order chi connectivity index (χ1) is 6.81. The smallest absolute Gasteiger partial charge is 0.0472 e. The summed E-state index contributed by atoms with van der Waals surface area (Å²) in [6, 6.07) is 0. The van der Waals surface area contributed by atoms with Gasteiger partial charge in [0.25, 0.3) is 0 Å². The summed E-state index contributed by atoms with van der Waals surface area (Å²) < 4.78 is 0.571. The number of rotatable bonds is 10. The summed E-state index contributed by atoms with van der Waals surface area (Å²) in [7, 11) is 0. The largest absolute Gasteiger partial charge is 0.165 e. The number of unbranched alkanes of at least 4 members (excludes halogenated alkanes) is 1. The highest BCUT2D eigenvalue weighted by atomic mass is 32.2. The van der Waals surface area contributed by atoms with Gasteiger partial charge in [-0.3, -0.25) is 0 Å². The lowest BCUT2D eigenvalue weighted by molar-refractivity contribution is 0.870. The summed E-state index contributed by atoms with van der Waals surface area (Å²) in [5, 5.41) is 0. The van der Waals surface area contributed by atoms with E-state index in [9.17, 15) is 0 Å². The first-order valence-corrected chi connectivity index (χ1v) is 8.40. The molecule has 14 heavy (non-hydrogen) atoms. The van der Waals surface area contributed by atoms with Gasteiger partial charge in [0.1, 0.15) is 0 Å². The summed E-state index contributed by atoms with van der Waals surface area (Å²) in [5.41, 5.74) is 0. The SMILES string of the molecule is CCCCSCCCC(S)SCCC. The Morgan fingerprint density at radius 1 is 1.00 bits per heavy atom. The van der Waals surface area contributed by atoms with Crippen molar-refractivity contribution in [3.8, 4) is 0 Å². The third-order valence-corrected chi connectivity index (χ3v) is 5.02. The molecule has 1 atom stereocenters. The van der Waals surface area contributed by atoms with Gasteiger partial charge >= 0.3 is 0 Å². The van der Waals surface area contributed by atoms with Crippen LogP contribution >= 0.6 is 36.2 Å². The molecule has 0 aliphatic carbocycles. The molecule has 0 saturated heterocycles. The summed E-state index contributed by atoms with van der Waals surface area (Å²) >= 11 is 8.66. The lowest BCUT2D eigenvalue weighted by Crippen LogP contribution is -1.95. The predicted molar refractivity (Wildman–Crippen MR) is 77.0 cm³/mol. The second kappa shape index (κ2) is 12.1. The van der Waals surface area contributed by atoms with Crippen LogP contribution in [0, 0.1) is 0 Å². The van der Waals surface area contributed by atoms with Crippen molar-refractivity contribution >= 4 is 36.2 Å². The molecule has 0 amide bonds. The van der Waals surface area contributed by atoms with Crippen LogP contribution in [-0.2, 0) is 0 Å². The Morgan fingerprint density at radius 3 is 2.36 bits per heavy atom. The van der Waals surface area contributed by atoms with Crippen LogP contribution < -0.4 is 0 Å². The highest BCUT2D eigenvalue weighted by molar-refractivity contribution is 8.10. The van der Waals surface area contributed by atoms with E-state index >= 15 is 0 Å². The van der Waals surface area contributed by atoms with E-state index in [1.165, 1.54) is 49.4 Å². The molecule has 0 rings (SSSR count). The molecule has 0 spiro atoms. The third kappa shape index (κ3) is 11.1. The van der Waals surface area contributed by atoms with Crippen LogP contribution in [0.3, 0.4) is 0 Å². The van der Waals surface area contributed by atoms with E-state index in [2.05, 4.69) is 38.2 Å². The van der Waals surface area contributed by atoms with Gasteiger partial charge in [0.2, 0.25) is 0 Å². The Bertz CT molecular complexity index is 107. The topological polar surface area (TPSA) is 0 Å². The molecule has 0 nitrogen and oxygen atoms in total. The van der Waals surface area contributed by atoms with Crippen LogP contribution in [0.4, 0.5) is 0 Å². The van der Waals surface area contributed by atoms with Crippen molar-refractivity contribution in [1.29, 1.82) is 0 Å². The van der Waals surface area contributed by atoms with Crippen molar-refractivity contribution in [2.45, 2.75) is 50.5 Å². The van der Waals surface area contributed by atoms with Crippen molar-refractivity contribution in [2.75, 3.05) is 17.3 Å². The minimum Gasteiger partial charge on any atom is -0.165 e. The van der Waals surface area contributed by atoms with Crippen LogP contribution in [0.15, 0.2) is 0 Å². The molecule has 0 bridgehead atoms. The van der Waals surface area contributed by atoms with Crippen molar-refractivity contribution in [1.82, 2.24) is 0 Å². The van der Waals surface area contributed by atoms with E-state index in [0.717, 1.165) is 0 Å². The monoisotopic (exact) mass is 252 g/mol. The zero-order chi connectivity index (χ0) is 10.6. The van der Waals surface area contributed by atoms with Crippen LogP contribution in [-0.4, -0.2) is 21.8 Å². The minimum atomic E-state index is 0.571. The molecule has 0 radical (unpaired) electrons. The average Bonchev–Trinajstić information content (AvgIpc) is 2.20. The van der Waals surface area contributed by atoms with E-state index in [4.69, 9.17) is 0 Å². The summed E-state index contributed by atoms with van der Waals surface area (Å²) in [6.45, 7) is 4.49. The zero-order valence-corrected chi connectivity index (χ0v) is 12.0. The van der Waals surface area contributed by atoms with E-state index in [-0.39, 0.29) is 0 Å². The van der Waals surface area contributed by atoms with E-state index in [1.54, 1.807) is 0 Å². The number of thioether (sulfide) groups is 2. The number of hydrogen-bond acceptors (Lipinski definition) is 3. The Morgan fingerprint density at radius 2 is 1.71 bits per heavy atom. The molecule has 0 aliphatic rings. The lowest BCUT2D eigenvalue weighted by atomic mass is 10.4. The van der Waals surface area contributed by atoms with Crippen LogP contribution in [0.2, 0.25) is 0 Å². The number of hydrogen-bond donors (Lipinski definition) is 1. The Labute approximate surface area is 104 Å². The van der Waals surface area contributed by atoms with Crippen molar-refractivity contribution in [2.24, 2.45) is 0 Å². The van der Waals surface area contributed by atoms with Gasteiger partial charge in [-0.1, -0.05) is 20.3 Å². The standard InChI is InChI=1S/C11H24S3/c1-3-5-9-13-10-6-7-11(12)14-8-4-2/h11-12H,3-10H2,1-2H3. The molecule has 86 valence electrons. The molecule has 0 fully saturated rings. The summed E-state index contributed by atoms with van der Waals surface area (Å²) in [5.74, 6) is 3.93. The van der Waals surface area contributed by atoms with Gasteiger partial charge in [0.05, 0.1) is 0 Å². The fourth-order valence-electron chi connectivity index (χ4n) is 1.05. The first kappa shape index (κ1) is 15.0. The molecule has 0 aromatic rings. The highest BCUT2D eigenvalue weighted by Gasteiger charge is 2.01. The molecule has 0 aromatic heterocycles. The van der Waals surface area contributed by atoms with Gasteiger partial charge < -0.3 is 0 Å². The predicted octanol–water partition coefficient (Wildman–Crippen LogP) is 4.70. The van der Waals surface area contributed by atoms with Crippen LogP contribution in [0.1, 0.15) is 46.0 Å². The van der Waals surface area contributed by atoms with Crippen molar-refractivity contribution < 1.29 is 0 Å². The molecule has 1 unspecified atom stereocenters. The first-order valence-electron chi connectivity index (χ1n) is 5.68. The Hall–Kier alpha value is 1.05.